The van der Waals surface area contributed by atoms with Crippen molar-refractivity contribution in [3.63, 3.8) is 0 Å². The number of rotatable bonds is 1. The standard InChI is InChI=1S/C11H19N2P/c1-9-11(13-14-12-9)10-7-5-3-2-4-6-8-10/h10,14H,2-8H2,1H3. The Hall–Kier alpha value is -0.360. The molecule has 1 fully saturated rings. The lowest BCUT2D eigenvalue weighted by Gasteiger charge is -2.18. The van der Waals surface area contributed by atoms with Gasteiger partial charge in [0.1, 0.15) is 0 Å². The van der Waals surface area contributed by atoms with Gasteiger partial charge >= 0.3 is 0 Å². The first-order chi connectivity index (χ1) is 6.88. The van der Waals surface area contributed by atoms with Gasteiger partial charge in [-0.05, 0) is 19.8 Å². The monoisotopic (exact) mass is 210 g/mol. The van der Waals surface area contributed by atoms with E-state index in [0.717, 1.165) is 5.92 Å². The Morgan fingerprint density at radius 3 is 2.21 bits per heavy atom. The lowest BCUT2D eigenvalue weighted by atomic mass is 9.88. The minimum absolute atomic E-state index is 0.466. The molecule has 1 aliphatic rings. The molecule has 0 aromatic carbocycles. The second-order valence-corrected chi connectivity index (χ2v) is 4.98. The fourth-order valence-electron chi connectivity index (χ4n) is 2.41. The van der Waals surface area contributed by atoms with Crippen molar-refractivity contribution in [2.24, 2.45) is 0 Å². The average Bonchev–Trinajstić information content (AvgIpc) is 2.51. The summed E-state index contributed by atoms with van der Waals surface area (Å²) in [7, 11) is 0.466. The first kappa shape index (κ1) is 10.2. The molecule has 0 radical (unpaired) electrons. The van der Waals surface area contributed by atoms with Crippen LogP contribution in [0.5, 0.6) is 0 Å². The number of hydrogen-bond acceptors (Lipinski definition) is 2. The van der Waals surface area contributed by atoms with Gasteiger partial charge in [0, 0.05) is 5.92 Å². The van der Waals surface area contributed by atoms with Crippen molar-refractivity contribution in [1.82, 2.24) is 9.49 Å². The zero-order valence-electron chi connectivity index (χ0n) is 8.92. The smallest absolute Gasteiger partial charge is 0.0706 e. The normalized spacial score (nSPS) is 20.9. The molecule has 0 saturated heterocycles. The lowest BCUT2D eigenvalue weighted by molar-refractivity contribution is 0.450. The Kier molecular flexibility index (Phi) is 3.58. The molecular weight excluding hydrogens is 191 g/mol. The molecule has 1 aliphatic carbocycles. The van der Waals surface area contributed by atoms with Crippen molar-refractivity contribution in [2.75, 3.05) is 0 Å². The SMILES string of the molecule is Cc1n[pH]nc1C1CCCCCCC1. The molecule has 2 rings (SSSR count). The van der Waals surface area contributed by atoms with E-state index >= 15 is 0 Å². The molecule has 1 atom stereocenters. The van der Waals surface area contributed by atoms with Crippen LogP contribution >= 0.6 is 8.51 Å². The molecule has 0 bridgehead atoms. The molecule has 1 saturated carbocycles. The Morgan fingerprint density at radius 1 is 1.00 bits per heavy atom. The van der Waals surface area contributed by atoms with Crippen molar-refractivity contribution in [3.8, 4) is 0 Å². The number of aryl methyl sites for hydroxylation is 1. The highest BCUT2D eigenvalue weighted by Gasteiger charge is 2.17. The van der Waals surface area contributed by atoms with Crippen molar-refractivity contribution >= 4 is 8.51 Å². The highest BCUT2D eigenvalue weighted by molar-refractivity contribution is 7.20. The summed E-state index contributed by atoms with van der Waals surface area (Å²) in [5, 5.41) is 0. The van der Waals surface area contributed by atoms with Gasteiger partial charge in [-0.2, -0.15) is 0 Å². The summed E-state index contributed by atoms with van der Waals surface area (Å²) in [4.78, 5) is 0. The Labute approximate surface area is 87.8 Å². The third-order valence-electron chi connectivity index (χ3n) is 3.25. The fraction of sp³-hybridized carbons (Fsp3) is 0.818. The summed E-state index contributed by atoms with van der Waals surface area (Å²) in [6.45, 7) is 2.12. The summed E-state index contributed by atoms with van der Waals surface area (Å²) in [5.74, 6) is 0.731. The quantitative estimate of drug-likeness (QED) is 0.707. The first-order valence-electron chi connectivity index (χ1n) is 5.75. The van der Waals surface area contributed by atoms with Crippen molar-refractivity contribution in [3.05, 3.63) is 11.4 Å². The molecule has 1 aromatic heterocycles. The van der Waals surface area contributed by atoms with E-state index < -0.39 is 0 Å². The largest absolute Gasteiger partial charge is 0.225 e. The van der Waals surface area contributed by atoms with E-state index in [1.54, 1.807) is 0 Å². The molecule has 0 spiro atoms. The summed E-state index contributed by atoms with van der Waals surface area (Å²) in [5.41, 5.74) is 2.55. The van der Waals surface area contributed by atoms with Gasteiger partial charge in [0.25, 0.3) is 0 Å². The molecule has 0 amide bonds. The van der Waals surface area contributed by atoms with Crippen LogP contribution in [-0.2, 0) is 0 Å². The summed E-state index contributed by atoms with van der Waals surface area (Å²) in [6.07, 6.45) is 9.74. The Morgan fingerprint density at radius 2 is 1.64 bits per heavy atom. The zero-order chi connectivity index (χ0) is 9.80. The summed E-state index contributed by atoms with van der Waals surface area (Å²) >= 11 is 0. The average molecular weight is 210 g/mol. The van der Waals surface area contributed by atoms with Crippen LogP contribution in [0.15, 0.2) is 0 Å². The van der Waals surface area contributed by atoms with Gasteiger partial charge in [-0.25, -0.2) is 9.49 Å². The van der Waals surface area contributed by atoms with Crippen LogP contribution in [0, 0.1) is 6.92 Å². The van der Waals surface area contributed by atoms with E-state index in [1.807, 2.05) is 0 Å². The van der Waals surface area contributed by atoms with Crippen molar-refractivity contribution in [1.29, 1.82) is 0 Å². The van der Waals surface area contributed by atoms with E-state index in [2.05, 4.69) is 16.4 Å². The maximum Gasteiger partial charge on any atom is 0.0706 e. The summed E-state index contributed by atoms with van der Waals surface area (Å²) in [6, 6.07) is 0. The molecule has 1 unspecified atom stereocenters. The van der Waals surface area contributed by atoms with Crippen molar-refractivity contribution in [2.45, 2.75) is 57.8 Å². The molecular formula is C11H19N2P. The van der Waals surface area contributed by atoms with Crippen LogP contribution in [0.2, 0.25) is 0 Å². The van der Waals surface area contributed by atoms with Gasteiger partial charge in [-0.1, -0.05) is 32.1 Å². The molecule has 78 valence electrons. The highest BCUT2D eigenvalue weighted by atomic mass is 31.1. The third-order valence-corrected chi connectivity index (χ3v) is 4.03. The topological polar surface area (TPSA) is 25.8 Å². The molecule has 0 N–H and O–H groups in total. The number of aromatic nitrogens is 2. The predicted octanol–water partition coefficient (Wildman–Crippen LogP) is 3.64. The third kappa shape index (κ3) is 2.36. The molecule has 2 nitrogen and oxygen atoms in total. The number of hydrogen-bond donors (Lipinski definition) is 0. The Bertz CT molecular complexity index is 275. The van der Waals surface area contributed by atoms with E-state index in [-0.39, 0.29) is 0 Å². The molecule has 0 aliphatic heterocycles. The maximum absolute atomic E-state index is 4.55. The zero-order valence-corrected chi connectivity index (χ0v) is 9.92. The van der Waals surface area contributed by atoms with Gasteiger partial charge in [0.15, 0.2) is 0 Å². The van der Waals surface area contributed by atoms with Crippen LogP contribution in [-0.4, -0.2) is 9.49 Å². The van der Waals surface area contributed by atoms with Crippen molar-refractivity contribution < 1.29 is 0 Å². The second-order valence-electron chi connectivity index (χ2n) is 4.34. The van der Waals surface area contributed by atoms with Crippen LogP contribution in [0.4, 0.5) is 0 Å². The van der Waals surface area contributed by atoms with E-state index in [0.29, 0.717) is 8.51 Å². The van der Waals surface area contributed by atoms with Crippen LogP contribution in [0.1, 0.15) is 62.3 Å². The molecule has 14 heavy (non-hydrogen) atoms. The Balaban J connectivity index is 2.04. The number of nitrogens with zero attached hydrogens (tertiary/aromatic N) is 2. The van der Waals surface area contributed by atoms with E-state index in [4.69, 9.17) is 0 Å². The fourth-order valence-corrected chi connectivity index (χ4v) is 3.17. The van der Waals surface area contributed by atoms with Gasteiger partial charge < -0.3 is 0 Å². The van der Waals surface area contributed by atoms with E-state index in [9.17, 15) is 0 Å². The maximum atomic E-state index is 4.55. The van der Waals surface area contributed by atoms with Crippen LogP contribution in [0.25, 0.3) is 0 Å². The predicted molar refractivity (Wildman–Crippen MR) is 61.3 cm³/mol. The van der Waals surface area contributed by atoms with Crippen LogP contribution < -0.4 is 0 Å². The molecule has 1 heterocycles. The van der Waals surface area contributed by atoms with E-state index in [1.165, 1.54) is 56.3 Å². The molecule has 1 aromatic rings. The van der Waals surface area contributed by atoms with Gasteiger partial charge in [-0.3, -0.25) is 0 Å². The second kappa shape index (κ2) is 4.93. The minimum Gasteiger partial charge on any atom is -0.225 e. The molecule has 3 heteroatoms. The van der Waals surface area contributed by atoms with Crippen LogP contribution in [0.3, 0.4) is 0 Å². The highest BCUT2D eigenvalue weighted by Crippen LogP contribution is 2.31. The lowest BCUT2D eigenvalue weighted by Crippen LogP contribution is -2.04. The summed E-state index contributed by atoms with van der Waals surface area (Å²) < 4.78 is 8.94. The van der Waals surface area contributed by atoms with Gasteiger partial charge in [-0.15, -0.1) is 0 Å². The van der Waals surface area contributed by atoms with Gasteiger partial charge in [0.05, 0.1) is 19.9 Å². The van der Waals surface area contributed by atoms with Gasteiger partial charge in [0.2, 0.25) is 0 Å². The minimum atomic E-state index is 0.466. The first-order valence-corrected chi connectivity index (χ1v) is 6.64.